The summed E-state index contributed by atoms with van der Waals surface area (Å²) in [5, 5.41) is 2.95. The van der Waals surface area contributed by atoms with Crippen molar-refractivity contribution in [1.82, 2.24) is 5.32 Å². The SMILES string of the molecule is CCc1ccc(C(=O)NCC2CCC(N)CC2)o1. The first-order valence-electron chi connectivity index (χ1n) is 6.81. The molecular formula is C14H22N2O2. The van der Waals surface area contributed by atoms with Gasteiger partial charge < -0.3 is 15.5 Å². The highest BCUT2D eigenvalue weighted by Crippen LogP contribution is 2.22. The van der Waals surface area contributed by atoms with Gasteiger partial charge in [-0.1, -0.05) is 6.92 Å². The van der Waals surface area contributed by atoms with Gasteiger partial charge in [0.15, 0.2) is 5.76 Å². The molecule has 4 heteroatoms. The largest absolute Gasteiger partial charge is 0.456 e. The number of furan rings is 1. The average Bonchev–Trinajstić information content (AvgIpc) is 2.86. The molecule has 1 aromatic rings. The first-order chi connectivity index (χ1) is 8.69. The van der Waals surface area contributed by atoms with Crippen LogP contribution in [0.1, 0.15) is 48.9 Å². The fourth-order valence-electron chi connectivity index (χ4n) is 2.41. The number of aryl methyl sites for hydroxylation is 1. The molecule has 1 aromatic heterocycles. The van der Waals surface area contributed by atoms with Crippen LogP contribution in [-0.2, 0) is 6.42 Å². The van der Waals surface area contributed by atoms with Crippen molar-refractivity contribution in [1.29, 1.82) is 0 Å². The Morgan fingerprint density at radius 1 is 1.39 bits per heavy atom. The van der Waals surface area contributed by atoms with E-state index in [-0.39, 0.29) is 5.91 Å². The lowest BCUT2D eigenvalue weighted by Crippen LogP contribution is -2.34. The first-order valence-corrected chi connectivity index (χ1v) is 6.81. The van der Waals surface area contributed by atoms with E-state index in [1.807, 2.05) is 13.0 Å². The minimum atomic E-state index is -0.107. The maximum Gasteiger partial charge on any atom is 0.287 e. The molecule has 4 nitrogen and oxygen atoms in total. The summed E-state index contributed by atoms with van der Waals surface area (Å²) in [4.78, 5) is 11.9. The second-order valence-corrected chi connectivity index (χ2v) is 5.11. The number of nitrogens with one attached hydrogen (secondary N) is 1. The Kier molecular flexibility index (Phi) is 4.42. The quantitative estimate of drug-likeness (QED) is 0.859. The fraction of sp³-hybridized carbons (Fsp3) is 0.643. The fourth-order valence-corrected chi connectivity index (χ4v) is 2.41. The monoisotopic (exact) mass is 250 g/mol. The van der Waals surface area contributed by atoms with Gasteiger partial charge in [0, 0.05) is 19.0 Å². The minimum absolute atomic E-state index is 0.107. The van der Waals surface area contributed by atoms with Crippen LogP contribution in [0.2, 0.25) is 0 Å². The Morgan fingerprint density at radius 3 is 2.72 bits per heavy atom. The molecule has 100 valence electrons. The van der Waals surface area contributed by atoms with E-state index >= 15 is 0 Å². The van der Waals surface area contributed by atoms with Gasteiger partial charge in [0.2, 0.25) is 0 Å². The molecule has 0 atom stereocenters. The molecule has 0 saturated heterocycles. The van der Waals surface area contributed by atoms with Gasteiger partial charge in [0.05, 0.1) is 0 Å². The van der Waals surface area contributed by atoms with Crippen molar-refractivity contribution in [3.8, 4) is 0 Å². The van der Waals surface area contributed by atoms with E-state index in [1.54, 1.807) is 6.07 Å². The number of carbonyl (C=O) groups excluding carboxylic acids is 1. The van der Waals surface area contributed by atoms with E-state index in [2.05, 4.69) is 5.32 Å². The van der Waals surface area contributed by atoms with E-state index in [4.69, 9.17) is 10.2 Å². The van der Waals surface area contributed by atoms with Gasteiger partial charge in [-0.25, -0.2) is 0 Å². The van der Waals surface area contributed by atoms with Crippen LogP contribution >= 0.6 is 0 Å². The molecule has 1 amide bonds. The van der Waals surface area contributed by atoms with Crippen LogP contribution in [0.3, 0.4) is 0 Å². The van der Waals surface area contributed by atoms with E-state index < -0.39 is 0 Å². The van der Waals surface area contributed by atoms with E-state index in [0.717, 1.165) is 44.4 Å². The molecular weight excluding hydrogens is 228 g/mol. The number of hydrogen-bond donors (Lipinski definition) is 2. The third-order valence-corrected chi connectivity index (χ3v) is 3.68. The normalized spacial score (nSPS) is 23.9. The van der Waals surface area contributed by atoms with Gasteiger partial charge in [-0.05, 0) is 43.7 Å². The molecule has 0 aromatic carbocycles. The molecule has 1 saturated carbocycles. The Hall–Kier alpha value is -1.29. The molecule has 1 aliphatic carbocycles. The maximum atomic E-state index is 11.9. The molecule has 3 N–H and O–H groups in total. The van der Waals surface area contributed by atoms with Crippen LogP contribution in [0, 0.1) is 5.92 Å². The minimum Gasteiger partial charge on any atom is -0.456 e. The molecule has 1 fully saturated rings. The van der Waals surface area contributed by atoms with Crippen LogP contribution in [0.5, 0.6) is 0 Å². The van der Waals surface area contributed by atoms with Crippen molar-refractivity contribution < 1.29 is 9.21 Å². The Balaban J connectivity index is 1.77. The summed E-state index contributed by atoms with van der Waals surface area (Å²) in [6, 6.07) is 3.95. The predicted octanol–water partition coefficient (Wildman–Crippen LogP) is 2.09. The lowest BCUT2D eigenvalue weighted by atomic mass is 9.86. The molecule has 0 bridgehead atoms. The van der Waals surface area contributed by atoms with Gasteiger partial charge in [-0.2, -0.15) is 0 Å². The summed E-state index contributed by atoms with van der Waals surface area (Å²) in [5.41, 5.74) is 5.86. The summed E-state index contributed by atoms with van der Waals surface area (Å²) in [6.07, 6.45) is 5.18. The van der Waals surface area contributed by atoms with Crippen LogP contribution in [0.4, 0.5) is 0 Å². The number of hydrogen-bond acceptors (Lipinski definition) is 3. The molecule has 0 spiro atoms. The lowest BCUT2D eigenvalue weighted by molar-refractivity contribution is 0.0913. The summed E-state index contributed by atoms with van der Waals surface area (Å²) in [6.45, 7) is 2.74. The molecule has 1 aliphatic rings. The Bertz CT molecular complexity index is 392. The zero-order chi connectivity index (χ0) is 13.0. The van der Waals surface area contributed by atoms with Gasteiger partial charge in [0.25, 0.3) is 5.91 Å². The zero-order valence-electron chi connectivity index (χ0n) is 10.9. The second kappa shape index (κ2) is 6.05. The number of nitrogens with two attached hydrogens (primary N) is 1. The predicted molar refractivity (Wildman–Crippen MR) is 70.4 cm³/mol. The van der Waals surface area contributed by atoms with Gasteiger partial charge in [-0.3, -0.25) is 4.79 Å². The van der Waals surface area contributed by atoms with Gasteiger partial charge in [-0.15, -0.1) is 0 Å². The summed E-state index contributed by atoms with van der Waals surface area (Å²) in [5.74, 6) is 1.72. The van der Waals surface area contributed by atoms with E-state index in [0.29, 0.717) is 17.7 Å². The Morgan fingerprint density at radius 2 is 2.11 bits per heavy atom. The standard InChI is InChI=1S/C14H22N2O2/c1-2-12-7-8-13(18-12)14(17)16-9-10-3-5-11(15)6-4-10/h7-8,10-11H,2-6,9,15H2,1H3,(H,16,17). The molecule has 18 heavy (non-hydrogen) atoms. The zero-order valence-corrected chi connectivity index (χ0v) is 10.9. The first kappa shape index (κ1) is 13.1. The van der Waals surface area contributed by atoms with Crippen molar-refractivity contribution in [2.75, 3.05) is 6.54 Å². The van der Waals surface area contributed by atoms with Crippen molar-refractivity contribution >= 4 is 5.91 Å². The number of carbonyl (C=O) groups is 1. The summed E-state index contributed by atoms with van der Waals surface area (Å²) >= 11 is 0. The smallest absolute Gasteiger partial charge is 0.287 e. The van der Waals surface area contributed by atoms with E-state index in [1.165, 1.54) is 0 Å². The summed E-state index contributed by atoms with van der Waals surface area (Å²) in [7, 11) is 0. The summed E-state index contributed by atoms with van der Waals surface area (Å²) < 4.78 is 5.42. The highest BCUT2D eigenvalue weighted by molar-refractivity contribution is 5.91. The molecule has 0 aliphatic heterocycles. The molecule has 2 rings (SSSR count). The molecule has 1 heterocycles. The van der Waals surface area contributed by atoms with Gasteiger partial charge in [0.1, 0.15) is 5.76 Å². The third kappa shape index (κ3) is 3.35. The van der Waals surface area contributed by atoms with Crippen molar-refractivity contribution in [3.63, 3.8) is 0 Å². The average molecular weight is 250 g/mol. The third-order valence-electron chi connectivity index (χ3n) is 3.68. The second-order valence-electron chi connectivity index (χ2n) is 5.11. The van der Waals surface area contributed by atoms with Crippen molar-refractivity contribution in [3.05, 3.63) is 23.7 Å². The molecule has 0 unspecified atom stereocenters. The van der Waals surface area contributed by atoms with Crippen LogP contribution < -0.4 is 11.1 Å². The van der Waals surface area contributed by atoms with Crippen molar-refractivity contribution in [2.24, 2.45) is 11.7 Å². The van der Waals surface area contributed by atoms with Crippen LogP contribution in [-0.4, -0.2) is 18.5 Å². The highest BCUT2D eigenvalue weighted by atomic mass is 16.3. The number of amides is 1. The topological polar surface area (TPSA) is 68.3 Å². The Labute approximate surface area is 108 Å². The van der Waals surface area contributed by atoms with Gasteiger partial charge >= 0.3 is 0 Å². The maximum absolute atomic E-state index is 11.9. The number of rotatable bonds is 4. The highest BCUT2D eigenvalue weighted by Gasteiger charge is 2.19. The van der Waals surface area contributed by atoms with E-state index in [9.17, 15) is 4.79 Å². The lowest BCUT2D eigenvalue weighted by Gasteiger charge is -2.25. The van der Waals surface area contributed by atoms with Crippen LogP contribution in [0.15, 0.2) is 16.5 Å². The molecule has 0 radical (unpaired) electrons. The van der Waals surface area contributed by atoms with Crippen LogP contribution in [0.25, 0.3) is 0 Å². The van der Waals surface area contributed by atoms with Crippen molar-refractivity contribution in [2.45, 2.75) is 45.1 Å².